The summed E-state index contributed by atoms with van der Waals surface area (Å²) >= 11 is 0. The van der Waals surface area contributed by atoms with E-state index in [1.54, 1.807) is 32.9 Å². The van der Waals surface area contributed by atoms with E-state index in [4.69, 9.17) is 9.15 Å². The number of hydrogen-bond acceptors (Lipinski definition) is 5. The number of hydrogen-bond donors (Lipinski definition) is 2. The highest BCUT2D eigenvalue weighted by atomic mass is 16.6. The van der Waals surface area contributed by atoms with Crippen LogP contribution < -0.4 is 5.32 Å². The molecule has 2 aromatic rings. The molecule has 23 heavy (non-hydrogen) atoms. The van der Waals surface area contributed by atoms with Crippen LogP contribution in [0.25, 0.3) is 11.1 Å². The number of fused-ring (bicyclic) bond motifs is 1. The van der Waals surface area contributed by atoms with E-state index in [9.17, 15) is 9.90 Å². The van der Waals surface area contributed by atoms with Crippen LogP contribution in [0.5, 0.6) is 0 Å². The first kappa shape index (κ1) is 17.3. The fourth-order valence-electron chi connectivity index (χ4n) is 2.22. The standard InChI is InChI=1S/C17H24N2O4/c1-10(2)13(19-16(21)23-17(3,4)5)14(20)15-18-11-8-6-7-9-12(11)22-15/h6-10,13-14,20H,1-5H3,(H,19,21). The van der Waals surface area contributed by atoms with E-state index >= 15 is 0 Å². The minimum absolute atomic E-state index is 0.0347. The largest absolute Gasteiger partial charge is 0.444 e. The first-order valence-corrected chi connectivity index (χ1v) is 7.70. The third-order valence-corrected chi connectivity index (χ3v) is 3.31. The molecule has 0 bridgehead atoms. The number of amides is 1. The van der Waals surface area contributed by atoms with Crippen molar-refractivity contribution in [3.63, 3.8) is 0 Å². The number of alkyl carbamates (subject to hydrolysis) is 1. The molecule has 1 amide bonds. The van der Waals surface area contributed by atoms with Crippen LogP contribution in [0, 0.1) is 5.92 Å². The molecule has 2 unspecified atom stereocenters. The number of rotatable bonds is 4. The Morgan fingerprint density at radius 2 is 1.96 bits per heavy atom. The molecule has 0 saturated heterocycles. The van der Waals surface area contributed by atoms with Gasteiger partial charge in [0.1, 0.15) is 11.1 Å². The summed E-state index contributed by atoms with van der Waals surface area (Å²) in [6.45, 7) is 9.15. The fraction of sp³-hybridized carbons (Fsp3) is 0.529. The molecule has 1 aromatic heterocycles. The van der Waals surface area contributed by atoms with E-state index in [0.29, 0.717) is 11.1 Å². The Labute approximate surface area is 135 Å². The van der Waals surface area contributed by atoms with Crippen molar-refractivity contribution in [1.29, 1.82) is 0 Å². The van der Waals surface area contributed by atoms with E-state index in [0.717, 1.165) is 0 Å². The van der Waals surface area contributed by atoms with Crippen molar-refractivity contribution in [2.45, 2.75) is 52.4 Å². The second kappa shape index (κ2) is 6.58. The Bertz CT molecular complexity index is 640. The maximum absolute atomic E-state index is 12.0. The van der Waals surface area contributed by atoms with Crippen molar-refractivity contribution in [2.75, 3.05) is 0 Å². The highest BCUT2D eigenvalue weighted by Crippen LogP contribution is 2.25. The molecule has 0 aliphatic heterocycles. The number of carbonyl (C=O) groups excluding carboxylic acids is 1. The van der Waals surface area contributed by atoms with Crippen LogP contribution in [0.2, 0.25) is 0 Å². The number of oxazole rings is 1. The molecule has 0 saturated carbocycles. The van der Waals surface area contributed by atoms with Crippen molar-refractivity contribution >= 4 is 17.2 Å². The molecule has 6 nitrogen and oxygen atoms in total. The summed E-state index contributed by atoms with van der Waals surface area (Å²) < 4.78 is 10.8. The number of carbonyl (C=O) groups is 1. The van der Waals surface area contributed by atoms with Crippen LogP contribution in [0.4, 0.5) is 4.79 Å². The zero-order valence-electron chi connectivity index (χ0n) is 14.2. The number of ether oxygens (including phenoxy) is 1. The van der Waals surface area contributed by atoms with Crippen molar-refractivity contribution in [3.8, 4) is 0 Å². The first-order chi connectivity index (χ1) is 10.7. The molecule has 0 aliphatic carbocycles. The summed E-state index contributed by atoms with van der Waals surface area (Å²) in [6, 6.07) is 6.70. The van der Waals surface area contributed by atoms with Crippen LogP contribution in [-0.4, -0.2) is 27.8 Å². The van der Waals surface area contributed by atoms with E-state index in [1.165, 1.54) is 0 Å². The summed E-state index contributed by atoms with van der Waals surface area (Å²) in [7, 11) is 0. The molecule has 2 rings (SSSR count). The Morgan fingerprint density at radius 3 is 2.52 bits per heavy atom. The van der Waals surface area contributed by atoms with Gasteiger partial charge in [-0.3, -0.25) is 0 Å². The quantitative estimate of drug-likeness (QED) is 0.902. The number of aliphatic hydroxyl groups is 1. The summed E-state index contributed by atoms with van der Waals surface area (Å²) in [5.74, 6) is 0.147. The smallest absolute Gasteiger partial charge is 0.407 e. The minimum Gasteiger partial charge on any atom is -0.444 e. The average molecular weight is 320 g/mol. The zero-order chi connectivity index (χ0) is 17.2. The minimum atomic E-state index is -1.06. The van der Waals surface area contributed by atoms with Gasteiger partial charge in [0, 0.05) is 0 Å². The lowest BCUT2D eigenvalue weighted by molar-refractivity contribution is 0.0331. The first-order valence-electron chi connectivity index (χ1n) is 7.70. The monoisotopic (exact) mass is 320 g/mol. The van der Waals surface area contributed by atoms with Crippen LogP contribution in [0.3, 0.4) is 0 Å². The van der Waals surface area contributed by atoms with Gasteiger partial charge >= 0.3 is 6.09 Å². The van der Waals surface area contributed by atoms with Crippen LogP contribution in [0.1, 0.15) is 46.6 Å². The van der Waals surface area contributed by atoms with Gasteiger partial charge in [-0.05, 0) is 38.8 Å². The van der Waals surface area contributed by atoms with E-state index in [1.807, 2.05) is 26.0 Å². The highest BCUT2D eigenvalue weighted by molar-refractivity contribution is 5.72. The molecule has 1 heterocycles. The van der Waals surface area contributed by atoms with Gasteiger partial charge in [0.05, 0.1) is 6.04 Å². The number of nitrogens with one attached hydrogen (secondary N) is 1. The summed E-state index contributed by atoms with van der Waals surface area (Å²) in [5.41, 5.74) is 0.663. The lowest BCUT2D eigenvalue weighted by Gasteiger charge is -2.27. The molecule has 0 radical (unpaired) electrons. The van der Waals surface area contributed by atoms with Gasteiger partial charge in [-0.2, -0.15) is 0 Å². The average Bonchev–Trinajstić information content (AvgIpc) is 2.85. The summed E-state index contributed by atoms with van der Waals surface area (Å²) in [5, 5.41) is 13.3. The predicted octanol–water partition coefficient (Wildman–Crippen LogP) is 3.41. The number of benzene rings is 1. The number of para-hydroxylation sites is 2. The molecule has 6 heteroatoms. The van der Waals surface area contributed by atoms with Crippen LogP contribution in [0.15, 0.2) is 28.7 Å². The molecule has 0 spiro atoms. The van der Waals surface area contributed by atoms with Gasteiger partial charge < -0.3 is 19.6 Å². The fourth-order valence-corrected chi connectivity index (χ4v) is 2.22. The predicted molar refractivity (Wildman–Crippen MR) is 87.0 cm³/mol. The van der Waals surface area contributed by atoms with Crippen molar-refractivity contribution in [1.82, 2.24) is 10.3 Å². The van der Waals surface area contributed by atoms with Gasteiger partial charge in [-0.15, -0.1) is 0 Å². The Morgan fingerprint density at radius 1 is 1.30 bits per heavy atom. The third-order valence-electron chi connectivity index (χ3n) is 3.31. The second-order valence-electron chi connectivity index (χ2n) is 6.88. The molecule has 0 fully saturated rings. The lowest BCUT2D eigenvalue weighted by Crippen LogP contribution is -2.45. The number of aliphatic hydroxyl groups excluding tert-OH is 1. The van der Waals surface area contributed by atoms with Gasteiger partial charge in [0.15, 0.2) is 11.7 Å². The molecule has 0 aliphatic rings. The van der Waals surface area contributed by atoms with Crippen molar-refractivity contribution in [3.05, 3.63) is 30.2 Å². The van der Waals surface area contributed by atoms with Crippen molar-refractivity contribution < 1.29 is 19.1 Å². The summed E-state index contributed by atoms with van der Waals surface area (Å²) in [4.78, 5) is 16.3. The maximum Gasteiger partial charge on any atom is 0.407 e. The Balaban J connectivity index is 2.17. The van der Waals surface area contributed by atoms with Crippen LogP contribution >= 0.6 is 0 Å². The molecule has 1 aromatic carbocycles. The number of nitrogens with zero attached hydrogens (tertiary/aromatic N) is 1. The SMILES string of the molecule is CC(C)C(NC(=O)OC(C)(C)C)C(O)c1nc2ccccc2o1. The lowest BCUT2D eigenvalue weighted by atomic mass is 9.98. The van der Waals surface area contributed by atoms with Crippen LogP contribution in [-0.2, 0) is 4.74 Å². The molecule has 2 atom stereocenters. The topological polar surface area (TPSA) is 84.6 Å². The van der Waals surface area contributed by atoms with Crippen molar-refractivity contribution in [2.24, 2.45) is 5.92 Å². The molecule has 2 N–H and O–H groups in total. The molecular weight excluding hydrogens is 296 g/mol. The molecular formula is C17H24N2O4. The Kier molecular flexibility index (Phi) is 4.94. The number of aromatic nitrogens is 1. The zero-order valence-corrected chi connectivity index (χ0v) is 14.2. The third kappa shape index (κ3) is 4.45. The van der Waals surface area contributed by atoms with Gasteiger partial charge in [-0.25, -0.2) is 9.78 Å². The van der Waals surface area contributed by atoms with E-state index < -0.39 is 23.8 Å². The van der Waals surface area contributed by atoms with E-state index in [-0.39, 0.29) is 11.8 Å². The van der Waals surface area contributed by atoms with Gasteiger partial charge in [0.2, 0.25) is 5.89 Å². The summed E-state index contributed by atoms with van der Waals surface area (Å²) in [6.07, 6.45) is -1.64. The Hall–Kier alpha value is -2.08. The normalized spacial score (nSPS) is 14.7. The second-order valence-corrected chi connectivity index (χ2v) is 6.88. The van der Waals surface area contributed by atoms with E-state index in [2.05, 4.69) is 10.3 Å². The maximum atomic E-state index is 12.0. The van der Waals surface area contributed by atoms with Gasteiger partial charge in [-0.1, -0.05) is 26.0 Å². The highest BCUT2D eigenvalue weighted by Gasteiger charge is 2.31. The molecule has 126 valence electrons. The van der Waals surface area contributed by atoms with Gasteiger partial charge in [0.25, 0.3) is 0 Å².